The Hall–Kier alpha value is -1.56. The average Bonchev–Trinajstić information content (AvgIpc) is 2.71. The molecule has 1 N–H and O–H groups in total. The van der Waals surface area contributed by atoms with E-state index in [4.69, 9.17) is 9.15 Å². The minimum atomic E-state index is 0.0586. The molecule has 1 atom stereocenters. The highest BCUT2D eigenvalue weighted by atomic mass is 79.9. The minimum Gasteiger partial charge on any atom is -0.480 e. The van der Waals surface area contributed by atoms with Crippen LogP contribution in [0.5, 0.6) is 5.88 Å². The maximum absolute atomic E-state index is 5.52. The number of rotatable bonds is 4. The molecule has 2 aromatic heterocycles. The maximum atomic E-state index is 5.52. The lowest BCUT2D eigenvalue weighted by Crippen LogP contribution is -2.10. The first kappa shape index (κ1) is 13.9. The van der Waals surface area contributed by atoms with E-state index in [-0.39, 0.29) is 6.04 Å². The number of nitrogens with zero attached hydrogens (tertiary/aromatic N) is 2. The van der Waals surface area contributed by atoms with Gasteiger partial charge in [-0.15, -0.1) is 0 Å². The first-order valence-corrected chi connectivity index (χ1v) is 6.70. The lowest BCUT2D eigenvalue weighted by molar-refractivity contribution is 0.394. The van der Waals surface area contributed by atoms with E-state index in [9.17, 15) is 0 Å². The molecule has 0 aliphatic heterocycles. The standard InChI is InChI=1S/C13H16BrN3O2/c1-7-5-10(9(3)19-7)8(2)16-13-15-6-11(14)12(17-13)18-4/h5-6,8H,1-4H3,(H,15,16,17). The van der Waals surface area contributed by atoms with Gasteiger partial charge in [-0.1, -0.05) is 0 Å². The largest absolute Gasteiger partial charge is 0.480 e. The Morgan fingerprint density at radius 2 is 2.16 bits per heavy atom. The maximum Gasteiger partial charge on any atom is 0.232 e. The van der Waals surface area contributed by atoms with E-state index in [2.05, 4.69) is 31.2 Å². The highest BCUT2D eigenvalue weighted by Gasteiger charge is 2.14. The van der Waals surface area contributed by atoms with Crippen molar-refractivity contribution >= 4 is 21.9 Å². The predicted octanol–water partition coefficient (Wildman–Crippen LogP) is 3.63. The molecule has 0 spiro atoms. The third-order valence-corrected chi connectivity index (χ3v) is 3.34. The van der Waals surface area contributed by atoms with Gasteiger partial charge in [-0.05, 0) is 42.8 Å². The molecule has 6 heteroatoms. The van der Waals surface area contributed by atoms with Gasteiger partial charge in [0, 0.05) is 5.56 Å². The van der Waals surface area contributed by atoms with Gasteiger partial charge in [-0.2, -0.15) is 4.98 Å². The van der Waals surface area contributed by atoms with E-state index in [0.29, 0.717) is 11.8 Å². The zero-order chi connectivity index (χ0) is 14.0. The smallest absolute Gasteiger partial charge is 0.232 e. The third kappa shape index (κ3) is 3.07. The molecule has 1 unspecified atom stereocenters. The molecular weight excluding hydrogens is 310 g/mol. The van der Waals surface area contributed by atoms with Crippen LogP contribution in [0.15, 0.2) is 21.2 Å². The number of ether oxygens (including phenoxy) is 1. The second-order valence-corrected chi connectivity index (χ2v) is 5.14. The molecule has 2 rings (SSSR count). The molecule has 0 saturated heterocycles. The van der Waals surface area contributed by atoms with Crippen LogP contribution < -0.4 is 10.1 Å². The van der Waals surface area contributed by atoms with Crippen molar-refractivity contribution in [2.24, 2.45) is 0 Å². The second-order valence-electron chi connectivity index (χ2n) is 4.29. The zero-order valence-electron chi connectivity index (χ0n) is 11.3. The van der Waals surface area contributed by atoms with Crippen LogP contribution in [0, 0.1) is 13.8 Å². The molecule has 0 saturated carbocycles. The number of halogens is 1. The highest BCUT2D eigenvalue weighted by Crippen LogP contribution is 2.26. The molecule has 2 aromatic rings. The average molecular weight is 326 g/mol. The van der Waals surface area contributed by atoms with Crippen LogP contribution in [0.3, 0.4) is 0 Å². The van der Waals surface area contributed by atoms with Crippen LogP contribution in [0.1, 0.15) is 30.0 Å². The molecule has 2 heterocycles. The number of nitrogens with one attached hydrogen (secondary N) is 1. The number of furan rings is 1. The lowest BCUT2D eigenvalue weighted by Gasteiger charge is -2.13. The van der Waals surface area contributed by atoms with Gasteiger partial charge in [0.05, 0.1) is 23.8 Å². The Kier molecular flexibility index (Phi) is 4.09. The van der Waals surface area contributed by atoms with E-state index in [0.717, 1.165) is 21.6 Å². The second kappa shape index (κ2) is 5.61. The molecule has 5 nitrogen and oxygen atoms in total. The van der Waals surface area contributed by atoms with Crippen LogP contribution in [0.4, 0.5) is 5.95 Å². The topological polar surface area (TPSA) is 60.2 Å². The third-order valence-electron chi connectivity index (χ3n) is 2.80. The van der Waals surface area contributed by atoms with Crippen LogP contribution in [-0.4, -0.2) is 17.1 Å². The Balaban J connectivity index is 2.19. The van der Waals surface area contributed by atoms with E-state index in [1.54, 1.807) is 13.3 Å². The molecule has 0 aliphatic carbocycles. The van der Waals surface area contributed by atoms with Crippen molar-refractivity contribution in [1.82, 2.24) is 9.97 Å². The van der Waals surface area contributed by atoms with Crippen molar-refractivity contribution in [2.75, 3.05) is 12.4 Å². The lowest BCUT2D eigenvalue weighted by atomic mass is 10.1. The number of hydrogen-bond acceptors (Lipinski definition) is 5. The summed E-state index contributed by atoms with van der Waals surface area (Å²) in [7, 11) is 1.57. The van der Waals surface area contributed by atoms with Crippen molar-refractivity contribution in [3.63, 3.8) is 0 Å². The summed E-state index contributed by atoms with van der Waals surface area (Å²) in [4.78, 5) is 8.48. The Morgan fingerprint density at radius 1 is 1.42 bits per heavy atom. The van der Waals surface area contributed by atoms with Gasteiger partial charge >= 0.3 is 0 Å². The molecule has 102 valence electrons. The summed E-state index contributed by atoms with van der Waals surface area (Å²) in [6.45, 7) is 5.92. The minimum absolute atomic E-state index is 0.0586. The van der Waals surface area contributed by atoms with Crippen LogP contribution >= 0.6 is 15.9 Å². The summed E-state index contributed by atoms with van der Waals surface area (Å²) >= 11 is 3.32. The fourth-order valence-corrected chi connectivity index (χ4v) is 2.27. The van der Waals surface area contributed by atoms with Gasteiger partial charge in [0.15, 0.2) is 0 Å². The van der Waals surface area contributed by atoms with E-state index >= 15 is 0 Å². The highest BCUT2D eigenvalue weighted by molar-refractivity contribution is 9.10. The van der Waals surface area contributed by atoms with Crippen molar-refractivity contribution in [1.29, 1.82) is 0 Å². The number of anilines is 1. The predicted molar refractivity (Wildman–Crippen MR) is 76.5 cm³/mol. The van der Waals surface area contributed by atoms with Crippen molar-refractivity contribution < 1.29 is 9.15 Å². The Labute approximate surface area is 120 Å². The van der Waals surface area contributed by atoms with Crippen molar-refractivity contribution in [3.8, 4) is 5.88 Å². The van der Waals surface area contributed by atoms with Gasteiger partial charge in [-0.25, -0.2) is 4.98 Å². The van der Waals surface area contributed by atoms with Crippen molar-refractivity contribution in [2.45, 2.75) is 26.8 Å². The van der Waals surface area contributed by atoms with E-state index in [1.807, 2.05) is 26.8 Å². The van der Waals surface area contributed by atoms with Gasteiger partial charge in [-0.3, -0.25) is 0 Å². The van der Waals surface area contributed by atoms with Gasteiger partial charge < -0.3 is 14.5 Å². The van der Waals surface area contributed by atoms with Crippen LogP contribution in [0.25, 0.3) is 0 Å². The molecule has 0 aliphatic rings. The molecule has 19 heavy (non-hydrogen) atoms. The Bertz CT molecular complexity index is 583. The van der Waals surface area contributed by atoms with Gasteiger partial charge in [0.2, 0.25) is 11.8 Å². The number of aryl methyl sites for hydroxylation is 2. The molecule has 0 aromatic carbocycles. The fraction of sp³-hybridized carbons (Fsp3) is 0.385. The van der Waals surface area contributed by atoms with Crippen molar-refractivity contribution in [3.05, 3.63) is 33.8 Å². The first-order valence-electron chi connectivity index (χ1n) is 5.91. The number of hydrogen-bond donors (Lipinski definition) is 1. The normalized spacial score (nSPS) is 12.3. The summed E-state index contributed by atoms with van der Waals surface area (Å²) in [6.07, 6.45) is 1.66. The van der Waals surface area contributed by atoms with Gasteiger partial charge in [0.25, 0.3) is 0 Å². The quantitative estimate of drug-likeness (QED) is 0.930. The van der Waals surface area contributed by atoms with Crippen LogP contribution in [0.2, 0.25) is 0 Å². The molecule has 0 bridgehead atoms. The fourth-order valence-electron chi connectivity index (χ4n) is 1.92. The Morgan fingerprint density at radius 3 is 2.74 bits per heavy atom. The van der Waals surface area contributed by atoms with Crippen LogP contribution in [-0.2, 0) is 0 Å². The van der Waals surface area contributed by atoms with E-state index in [1.165, 1.54) is 0 Å². The first-order chi connectivity index (χ1) is 9.01. The van der Waals surface area contributed by atoms with Gasteiger partial charge in [0.1, 0.15) is 11.5 Å². The summed E-state index contributed by atoms with van der Waals surface area (Å²) in [5.74, 6) is 2.83. The zero-order valence-corrected chi connectivity index (χ0v) is 12.9. The summed E-state index contributed by atoms with van der Waals surface area (Å²) in [5, 5.41) is 3.23. The molecule has 0 radical (unpaired) electrons. The summed E-state index contributed by atoms with van der Waals surface area (Å²) in [5.41, 5.74) is 1.10. The summed E-state index contributed by atoms with van der Waals surface area (Å²) in [6, 6.07) is 2.08. The number of methoxy groups -OCH3 is 1. The SMILES string of the molecule is COc1nc(NC(C)c2cc(C)oc2C)ncc1Br. The number of aromatic nitrogens is 2. The molecule has 0 amide bonds. The molecule has 0 fully saturated rings. The summed E-state index contributed by atoms with van der Waals surface area (Å²) < 4.78 is 11.4. The monoisotopic (exact) mass is 325 g/mol. The van der Waals surface area contributed by atoms with E-state index < -0.39 is 0 Å². The molecular formula is C13H16BrN3O2.